The lowest BCUT2D eigenvalue weighted by molar-refractivity contribution is -0.320. The van der Waals surface area contributed by atoms with Crippen molar-refractivity contribution >= 4 is 10.4 Å². The summed E-state index contributed by atoms with van der Waals surface area (Å²) in [7, 11) is -3.29. The highest BCUT2D eigenvalue weighted by molar-refractivity contribution is 7.80. The molecule has 0 aromatic rings. The number of rotatable bonds is 2. The van der Waals surface area contributed by atoms with E-state index in [1.807, 2.05) is 0 Å². The molecule has 0 radical (unpaired) electrons. The summed E-state index contributed by atoms with van der Waals surface area (Å²) in [6.07, 6.45) is 0. The second-order valence-electron chi connectivity index (χ2n) is 2.07. The minimum Gasteiger partial charge on any atom is -0.342 e. The van der Waals surface area contributed by atoms with Crippen LogP contribution in [0.15, 0.2) is 0 Å². The van der Waals surface area contributed by atoms with Crippen molar-refractivity contribution in [1.29, 1.82) is 0 Å². The van der Waals surface area contributed by atoms with Crippen LogP contribution in [0.5, 0.6) is 0 Å². The monoisotopic (exact) mass is 219 g/mol. The quantitative estimate of drug-likeness (QED) is 0.250. The van der Waals surface area contributed by atoms with Crippen molar-refractivity contribution in [1.82, 2.24) is 0 Å². The summed E-state index contributed by atoms with van der Waals surface area (Å²) < 4.78 is 29.7. The first kappa shape index (κ1) is 15.2. The zero-order valence-corrected chi connectivity index (χ0v) is 7.89. The molecule has 0 aromatic heterocycles. The first-order valence-electron chi connectivity index (χ1n) is 2.96. The summed E-state index contributed by atoms with van der Waals surface area (Å²) >= 11 is 0. The maximum absolute atomic E-state index is 9.33. The lowest BCUT2D eigenvalue weighted by Gasteiger charge is -2.16. The summed E-state index contributed by atoms with van der Waals surface area (Å²) in [5, 5.41) is 24.2. The third-order valence-corrected chi connectivity index (χ3v) is 1.24. The molecular formula is C4H13NO7S. The van der Waals surface area contributed by atoms with Gasteiger partial charge in [0.15, 0.2) is 0 Å². The molecule has 0 saturated carbocycles. The lowest BCUT2D eigenvalue weighted by Crippen LogP contribution is -2.45. The van der Waals surface area contributed by atoms with E-state index < -0.39 is 22.4 Å². The van der Waals surface area contributed by atoms with Gasteiger partial charge in [-0.3, -0.25) is 8.74 Å². The van der Waals surface area contributed by atoms with Gasteiger partial charge in [-0.05, 0) is 6.92 Å². The van der Waals surface area contributed by atoms with Crippen LogP contribution in [0.25, 0.3) is 0 Å². The van der Waals surface area contributed by atoms with Crippen molar-refractivity contribution in [2.24, 2.45) is 5.73 Å². The van der Waals surface area contributed by atoms with Crippen molar-refractivity contribution in [3.63, 3.8) is 0 Å². The lowest BCUT2D eigenvalue weighted by atomic mass is 10.3. The van der Waals surface area contributed by atoms with E-state index in [2.05, 4.69) is 4.18 Å². The van der Waals surface area contributed by atoms with Crippen LogP contribution < -0.4 is 5.73 Å². The van der Waals surface area contributed by atoms with Gasteiger partial charge in [0.2, 0.25) is 0 Å². The Hall–Kier alpha value is -0.290. The Morgan fingerprint density at radius 1 is 1.38 bits per heavy atom. The van der Waals surface area contributed by atoms with Gasteiger partial charge in [-0.2, -0.15) is 8.42 Å². The third kappa shape index (κ3) is 14.6. The zero-order chi connectivity index (χ0) is 11.3. The summed E-state index contributed by atoms with van der Waals surface area (Å²) in [6, 6.07) is -1.03. The second-order valence-corrected chi connectivity index (χ2v) is 3.26. The first-order chi connectivity index (χ1) is 5.50. The van der Waals surface area contributed by atoms with Gasteiger partial charge in [0.1, 0.15) is 0 Å². The molecular weight excluding hydrogens is 206 g/mol. The fraction of sp³-hybridized carbons (Fsp3) is 1.00. The fourth-order valence-corrected chi connectivity index (χ4v) is 0. The Bertz CT molecular complexity index is 215. The van der Waals surface area contributed by atoms with Crippen LogP contribution in [0.2, 0.25) is 0 Å². The maximum Gasteiger partial charge on any atom is 0.397 e. The molecule has 0 heterocycles. The Labute approximate surface area is 75.5 Å². The smallest absolute Gasteiger partial charge is 0.342 e. The molecule has 0 bridgehead atoms. The van der Waals surface area contributed by atoms with E-state index in [-0.39, 0.29) is 0 Å². The van der Waals surface area contributed by atoms with E-state index >= 15 is 0 Å². The molecule has 0 aromatic carbocycles. The van der Waals surface area contributed by atoms with E-state index in [1.165, 1.54) is 6.92 Å². The largest absolute Gasteiger partial charge is 0.397 e. The second kappa shape index (κ2) is 5.44. The van der Waals surface area contributed by atoms with Gasteiger partial charge in [0, 0.05) is 0 Å². The van der Waals surface area contributed by atoms with E-state index in [1.54, 1.807) is 0 Å². The third-order valence-electron chi connectivity index (χ3n) is 0.822. The molecule has 1 atom stereocenters. The van der Waals surface area contributed by atoms with Crippen LogP contribution in [-0.4, -0.2) is 47.4 Å². The van der Waals surface area contributed by atoms with E-state index in [4.69, 9.17) is 25.6 Å². The van der Waals surface area contributed by atoms with Crippen LogP contribution in [0, 0.1) is 0 Å². The minimum absolute atomic E-state index is 0.870. The van der Waals surface area contributed by atoms with Gasteiger partial charge < -0.3 is 21.1 Å². The van der Waals surface area contributed by atoms with Gasteiger partial charge in [0.25, 0.3) is 5.97 Å². The molecule has 0 rings (SSSR count). The Morgan fingerprint density at radius 3 is 1.54 bits per heavy atom. The SMILES string of the molecule is CC(N)C(O)(O)O.COS(=O)(=O)O. The highest BCUT2D eigenvalue weighted by Gasteiger charge is 2.23. The molecule has 0 fully saturated rings. The Morgan fingerprint density at radius 2 is 1.54 bits per heavy atom. The van der Waals surface area contributed by atoms with Gasteiger partial charge in [0.05, 0.1) is 13.2 Å². The zero-order valence-electron chi connectivity index (χ0n) is 7.08. The number of hydrogen-bond donors (Lipinski definition) is 5. The standard InChI is InChI=1S/C3H9NO3.CH4O4S/c1-2(4)3(5,6)7;1-5-6(2,3)4/h2,5-7H,4H2,1H3;1H3,(H,2,3,4). The number of aliphatic hydroxyl groups is 3. The van der Waals surface area contributed by atoms with E-state index in [9.17, 15) is 8.42 Å². The molecule has 0 aliphatic heterocycles. The van der Waals surface area contributed by atoms with Crippen LogP contribution in [0.3, 0.4) is 0 Å². The normalized spacial score (nSPS) is 14.4. The maximum atomic E-state index is 9.33. The van der Waals surface area contributed by atoms with Gasteiger partial charge in [-0.25, -0.2) is 0 Å². The highest BCUT2D eigenvalue weighted by atomic mass is 32.3. The fourth-order valence-electron chi connectivity index (χ4n) is 0. The molecule has 13 heavy (non-hydrogen) atoms. The molecule has 9 heteroatoms. The molecule has 0 saturated heterocycles. The van der Waals surface area contributed by atoms with Gasteiger partial charge in [-0.1, -0.05) is 0 Å². The summed E-state index contributed by atoms with van der Waals surface area (Å²) in [5.74, 6) is -2.72. The van der Waals surface area contributed by atoms with Crippen molar-refractivity contribution in [2.75, 3.05) is 7.11 Å². The Balaban J connectivity index is 0. The van der Waals surface area contributed by atoms with Crippen molar-refractivity contribution in [3.05, 3.63) is 0 Å². The summed E-state index contributed by atoms with van der Waals surface area (Å²) in [6.45, 7) is 1.28. The molecule has 6 N–H and O–H groups in total. The topological polar surface area (TPSA) is 150 Å². The highest BCUT2D eigenvalue weighted by Crippen LogP contribution is 1.94. The van der Waals surface area contributed by atoms with Crippen molar-refractivity contribution in [3.8, 4) is 0 Å². The molecule has 0 aliphatic carbocycles. The van der Waals surface area contributed by atoms with E-state index in [0.717, 1.165) is 7.11 Å². The average Bonchev–Trinajstić information content (AvgIpc) is 1.85. The van der Waals surface area contributed by atoms with Crippen molar-refractivity contribution in [2.45, 2.75) is 18.9 Å². The Kier molecular flexibility index (Phi) is 6.36. The predicted octanol–water partition coefficient (Wildman–Crippen LogP) is -2.60. The van der Waals surface area contributed by atoms with Crippen LogP contribution >= 0.6 is 0 Å². The van der Waals surface area contributed by atoms with Gasteiger partial charge in [-0.15, -0.1) is 0 Å². The number of nitrogens with two attached hydrogens (primary N) is 1. The minimum atomic E-state index is -4.16. The van der Waals surface area contributed by atoms with Crippen LogP contribution in [0.4, 0.5) is 0 Å². The predicted molar refractivity (Wildman–Crippen MR) is 41.6 cm³/mol. The van der Waals surface area contributed by atoms with Crippen LogP contribution in [0.1, 0.15) is 6.92 Å². The molecule has 0 spiro atoms. The van der Waals surface area contributed by atoms with Crippen LogP contribution in [-0.2, 0) is 14.6 Å². The molecule has 0 aliphatic rings. The molecule has 1 unspecified atom stereocenters. The average molecular weight is 219 g/mol. The summed E-state index contributed by atoms with van der Waals surface area (Å²) in [5.41, 5.74) is 4.82. The summed E-state index contributed by atoms with van der Waals surface area (Å²) in [4.78, 5) is 0. The van der Waals surface area contributed by atoms with E-state index in [0.29, 0.717) is 0 Å². The van der Waals surface area contributed by atoms with Crippen molar-refractivity contribution < 1.29 is 32.5 Å². The van der Waals surface area contributed by atoms with Gasteiger partial charge >= 0.3 is 10.4 Å². The molecule has 8 nitrogen and oxygen atoms in total. The first-order valence-corrected chi connectivity index (χ1v) is 4.33. The number of hydrogen-bond acceptors (Lipinski definition) is 7. The molecule has 82 valence electrons. The molecule has 0 amide bonds.